The van der Waals surface area contributed by atoms with E-state index in [4.69, 9.17) is 10.8 Å². The molecule has 0 aliphatic carbocycles. The second kappa shape index (κ2) is 6.58. The molecule has 1 aromatic heterocycles. The number of carbonyl (C=O) groups is 3. The largest absolute Gasteiger partial charge is 0.480 e. The second-order valence-corrected chi connectivity index (χ2v) is 6.30. The molecule has 2 amide bonds. The third-order valence-electron chi connectivity index (χ3n) is 2.69. The molecule has 0 spiro atoms. The smallest absolute Gasteiger partial charge is 0.321 e. The zero-order valence-electron chi connectivity index (χ0n) is 11.2. The van der Waals surface area contributed by atoms with E-state index in [9.17, 15) is 14.4 Å². The molecule has 0 aliphatic heterocycles. The summed E-state index contributed by atoms with van der Waals surface area (Å²) in [6, 6.07) is 2.09. The first kappa shape index (κ1) is 16.3. The number of carboxylic acids is 1. The van der Waals surface area contributed by atoms with Gasteiger partial charge >= 0.3 is 5.97 Å². The summed E-state index contributed by atoms with van der Waals surface area (Å²) in [6.45, 7) is 3.27. The number of aromatic nitrogens is 1. The van der Waals surface area contributed by atoms with Gasteiger partial charge in [-0.1, -0.05) is 0 Å². The maximum atomic E-state index is 11.6. The van der Waals surface area contributed by atoms with E-state index in [0.29, 0.717) is 0 Å². The molecule has 0 bridgehead atoms. The van der Waals surface area contributed by atoms with Gasteiger partial charge in [-0.15, -0.1) is 11.8 Å². The van der Waals surface area contributed by atoms with Crippen LogP contribution >= 0.6 is 11.8 Å². The molecule has 1 atom stereocenters. The van der Waals surface area contributed by atoms with Crippen molar-refractivity contribution in [3.05, 3.63) is 24.0 Å². The lowest BCUT2D eigenvalue weighted by Gasteiger charge is -2.27. The molecule has 0 unspecified atom stereocenters. The third-order valence-corrected chi connectivity index (χ3v) is 4.09. The number of carbonyl (C=O) groups excluding carboxylic acids is 2. The predicted octanol–water partition coefficient (Wildman–Crippen LogP) is 0.195. The van der Waals surface area contributed by atoms with E-state index in [0.717, 1.165) is 11.8 Å². The van der Waals surface area contributed by atoms with Crippen LogP contribution in [0.3, 0.4) is 0 Å². The van der Waals surface area contributed by atoms with Crippen LogP contribution in [0.5, 0.6) is 0 Å². The number of thioether (sulfide) groups is 1. The van der Waals surface area contributed by atoms with E-state index in [1.807, 2.05) is 0 Å². The lowest BCUT2D eigenvalue weighted by Crippen LogP contribution is -2.47. The SMILES string of the molecule is CC(C)(SCC(=O)NC(=O)c1ccc[nH]1)[C@@H](N)C(=O)O. The molecule has 1 rings (SSSR count). The first-order chi connectivity index (χ1) is 9.24. The van der Waals surface area contributed by atoms with Crippen LogP contribution in [0.25, 0.3) is 0 Å². The van der Waals surface area contributed by atoms with Gasteiger partial charge in [-0.05, 0) is 26.0 Å². The Balaban J connectivity index is 2.47. The highest BCUT2D eigenvalue weighted by Gasteiger charge is 2.33. The van der Waals surface area contributed by atoms with Gasteiger partial charge in [0, 0.05) is 10.9 Å². The van der Waals surface area contributed by atoms with Crippen LogP contribution < -0.4 is 11.1 Å². The highest BCUT2D eigenvalue weighted by atomic mass is 32.2. The number of hydrogen-bond donors (Lipinski definition) is 4. The zero-order chi connectivity index (χ0) is 15.3. The Morgan fingerprint density at radius 2 is 2.15 bits per heavy atom. The van der Waals surface area contributed by atoms with E-state index < -0.39 is 28.6 Å². The van der Waals surface area contributed by atoms with E-state index in [1.54, 1.807) is 32.2 Å². The standard InChI is InChI=1S/C12H17N3O4S/c1-12(2,9(13)11(18)19)20-6-8(16)15-10(17)7-4-3-5-14-7/h3-5,9,14H,6,13H2,1-2H3,(H,18,19)(H,15,16,17)/t9-/m0/s1. The van der Waals surface area contributed by atoms with E-state index in [1.165, 1.54) is 0 Å². The van der Waals surface area contributed by atoms with Gasteiger partial charge in [0.2, 0.25) is 5.91 Å². The van der Waals surface area contributed by atoms with Crippen molar-refractivity contribution < 1.29 is 19.5 Å². The molecule has 0 radical (unpaired) electrons. The van der Waals surface area contributed by atoms with Gasteiger partial charge in [0.1, 0.15) is 11.7 Å². The van der Waals surface area contributed by atoms with Crippen LogP contribution in [-0.2, 0) is 9.59 Å². The molecule has 5 N–H and O–H groups in total. The minimum absolute atomic E-state index is 0.0551. The Hall–Kier alpha value is -1.80. The van der Waals surface area contributed by atoms with Gasteiger partial charge in [-0.2, -0.15) is 0 Å². The molecule has 1 heterocycles. The molecule has 0 saturated heterocycles. The summed E-state index contributed by atoms with van der Waals surface area (Å²) in [4.78, 5) is 36.7. The Morgan fingerprint density at radius 1 is 1.50 bits per heavy atom. The Morgan fingerprint density at radius 3 is 2.65 bits per heavy atom. The number of nitrogens with one attached hydrogen (secondary N) is 2. The fourth-order valence-corrected chi connectivity index (χ4v) is 2.20. The number of amides is 2. The summed E-state index contributed by atoms with van der Waals surface area (Å²) in [5, 5.41) is 11.1. The Labute approximate surface area is 120 Å². The van der Waals surface area contributed by atoms with Crippen molar-refractivity contribution >= 4 is 29.5 Å². The topological polar surface area (TPSA) is 125 Å². The molecule has 20 heavy (non-hydrogen) atoms. The number of aromatic amines is 1. The summed E-state index contributed by atoms with van der Waals surface area (Å²) in [6.07, 6.45) is 1.57. The van der Waals surface area contributed by atoms with Gasteiger partial charge in [-0.3, -0.25) is 19.7 Å². The van der Waals surface area contributed by atoms with E-state index in [2.05, 4.69) is 10.3 Å². The van der Waals surface area contributed by atoms with Crippen molar-refractivity contribution in [1.29, 1.82) is 0 Å². The summed E-state index contributed by atoms with van der Waals surface area (Å²) in [5.41, 5.74) is 5.82. The predicted molar refractivity (Wildman–Crippen MR) is 75.4 cm³/mol. The van der Waals surface area contributed by atoms with Crippen molar-refractivity contribution in [2.75, 3.05) is 5.75 Å². The van der Waals surface area contributed by atoms with Gasteiger partial charge < -0.3 is 15.8 Å². The first-order valence-corrected chi connectivity index (χ1v) is 6.82. The quantitative estimate of drug-likeness (QED) is 0.594. The number of rotatable bonds is 6. The van der Waals surface area contributed by atoms with Crippen LogP contribution in [0.2, 0.25) is 0 Å². The van der Waals surface area contributed by atoms with Crippen molar-refractivity contribution in [2.24, 2.45) is 5.73 Å². The first-order valence-electron chi connectivity index (χ1n) is 5.84. The summed E-state index contributed by atoms with van der Waals surface area (Å²) in [7, 11) is 0. The van der Waals surface area contributed by atoms with Crippen LogP contribution in [0.15, 0.2) is 18.3 Å². The minimum atomic E-state index is -1.13. The van der Waals surface area contributed by atoms with Crippen molar-refractivity contribution in [3.8, 4) is 0 Å². The molecular weight excluding hydrogens is 282 g/mol. The molecule has 0 saturated carbocycles. The molecule has 110 valence electrons. The summed E-state index contributed by atoms with van der Waals surface area (Å²) in [5.74, 6) is -2.22. The number of H-pyrrole nitrogens is 1. The molecule has 7 nitrogen and oxygen atoms in total. The highest BCUT2D eigenvalue weighted by molar-refractivity contribution is 8.01. The number of nitrogens with two attached hydrogens (primary N) is 1. The molecule has 8 heteroatoms. The molecule has 0 aromatic carbocycles. The van der Waals surface area contributed by atoms with Gasteiger partial charge in [0.15, 0.2) is 0 Å². The second-order valence-electron chi connectivity index (χ2n) is 4.67. The number of aliphatic carboxylic acids is 1. The fourth-order valence-electron chi connectivity index (χ4n) is 1.34. The number of carboxylic acid groups (broad SMARTS) is 1. The molecule has 0 aliphatic rings. The Bertz CT molecular complexity index is 499. The van der Waals surface area contributed by atoms with Gasteiger partial charge in [0.05, 0.1) is 5.75 Å². The zero-order valence-corrected chi connectivity index (χ0v) is 12.0. The summed E-state index contributed by atoms with van der Waals surface area (Å²) < 4.78 is -0.821. The van der Waals surface area contributed by atoms with Crippen molar-refractivity contribution in [3.63, 3.8) is 0 Å². The maximum Gasteiger partial charge on any atom is 0.321 e. The fraction of sp³-hybridized carbons (Fsp3) is 0.417. The van der Waals surface area contributed by atoms with Crippen molar-refractivity contribution in [2.45, 2.75) is 24.6 Å². The highest BCUT2D eigenvalue weighted by Crippen LogP contribution is 2.27. The molecule has 1 aromatic rings. The maximum absolute atomic E-state index is 11.6. The minimum Gasteiger partial charge on any atom is -0.480 e. The monoisotopic (exact) mass is 299 g/mol. The van der Waals surface area contributed by atoms with Crippen molar-refractivity contribution in [1.82, 2.24) is 10.3 Å². The third kappa shape index (κ3) is 4.39. The van der Waals surface area contributed by atoms with Gasteiger partial charge in [0.25, 0.3) is 5.91 Å². The van der Waals surface area contributed by atoms with Gasteiger partial charge in [-0.25, -0.2) is 0 Å². The Kier molecular flexibility index (Phi) is 5.34. The normalized spacial score (nSPS) is 12.8. The lowest BCUT2D eigenvalue weighted by atomic mass is 10.1. The van der Waals surface area contributed by atoms with E-state index in [-0.39, 0.29) is 11.4 Å². The van der Waals surface area contributed by atoms with E-state index >= 15 is 0 Å². The van der Waals surface area contributed by atoms with Crippen LogP contribution in [-0.4, -0.2) is 44.4 Å². The van der Waals surface area contributed by atoms with Crippen LogP contribution in [0, 0.1) is 0 Å². The average molecular weight is 299 g/mol. The number of imide groups is 1. The van der Waals surface area contributed by atoms with Crippen LogP contribution in [0.4, 0.5) is 0 Å². The lowest BCUT2D eigenvalue weighted by molar-refractivity contribution is -0.139. The summed E-state index contributed by atoms with van der Waals surface area (Å²) >= 11 is 1.08. The van der Waals surface area contributed by atoms with Crippen LogP contribution in [0.1, 0.15) is 24.3 Å². The molecular formula is C12H17N3O4S. The number of hydrogen-bond acceptors (Lipinski definition) is 5. The molecule has 0 fully saturated rings. The average Bonchev–Trinajstić information content (AvgIpc) is 2.89.